The van der Waals surface area contributed by atoms with E-state index in [1.165, 1.54) is 51.4 Å². The highest BCUT2D eigenvalue weighted by molar-refractivity contribution is 6.74. The Morgan fingerprint density at radius 1 is 0.769 bits per heavy atom. The standard InChI is InChI=1S/C46H88O3Si3/c1-20-44(10,21-2)31-23-22-25-35(3)38-29-30-39-37(26-24-32-45(38,39)11)28-27-36-33-40(47-51(16,17)42(4,5)6)46(12,49-50(13,14)15)41(34-36)48-52(18,19)43(7,8)9/h22-23,25,27,31,35,37-41H,20-21,24,26,28-30,32-34H2,1-19H3/b25-22+,31-23+,36-27?/t35-,37-,38?,39?,40+,41?,45?,46?/m1/s1. The highest BCUT2D eigenvalue weighted by Crippen LogP contribution is 2.60. The second-order valence-corrected chi connectivity index (χ2v) is 36.5. The second-order valence-electron chi connectivity index (χ2n) is 22.6. The third-order valence-electron chi connectivity index (χ3n) is 15.5. The van der Waals surface area contributed by atoms with Crippen molar-refractivity contribution in [2.75, 3.05) is 0 Å². The van der Waals surface area contributed by atoms with Gasteiger partial charge in [-0.3, -0.25) is 0 Å². The van der Waals surface area contributed by atoms with Crippen LogP contribution in [-0.2, 0) is 13.3 Å². The predicted octanol–water partition coefficient (Wildman–Crippen LogP) is 14.9. The molecular formula is C46H88O3Si3. The van der Waals surface area contributed by atoms with E-state index in [0.717, 1.165) is 30.6 Å². The summed E-state index contributed by atoms with van der Waals surface area (Å²) in [7, 11) is -6.10. The number of allylic oxidation sites excluding steroid dienone is 5. The zero-order valence-corrected chi connectivity index (χ0v) is 41.1. The van der Waals surface area contributed by atoms with E-state index in [1.54, 1.807) is 5.57 Å². The molecule has 0 spiro atoms. The lowest BCUT2D eigenvalue weighted by atomic mass is 9.59. The summed E-state index contributed by atoms with van der Waals surface area (Å²) >= 11 is 0. The van der Waals surface area contributed by atoms with E-state index in [1.807, 2.05) is 0 Å². The van der Waals surface area contributed by atoms with Crippen molar-refractivity contribution < 1.29 is 13.3 Å². The summed E-state index contributed by atoms with van der Waals surface area (Å²) in [6.07, 6.45) is 24.8. The number of fused-ring (bicyclic) bond motifs is 1. The van der Waals surface area contributed by atoms with E-state index in [9.17, 15) is 0 Å². The summed E-state index contributed by atoms with van der Waals surface area (Å²) in [4.78, 5) is 0. The van der Waals surface area contributed by atoms with Gasteiger partial charge < -0.3 is 13.3 Å². The maximum Gasteiger partial charge on any atom is 0.192 e. The van der Waals surface area contributed by atoms with Gasteiger partial charge in [-0.05, 0) is 155 Å². The molecule has 3 nitrogen and oxygen atoms in total. The van der Waals surface area contributed by atoms with Crippen molar-refractivity contribution in [1.82, 2.24) is 0 Å². The van der Waals surface area contributed by atoms with Crippen LogP contribution in [0.25, 0.3) is 0 Å². The van der Waals surface area contributed by atoms with Crippen molar-refractivity contribution in [1.29, 1.82) is 0 Å². The van der Waals surface area contributed by atoms with Crippen LogP contribution in [0, 0.1) is 34.5 Å². The van der Waals surface area contributed by atoms with Gasteiger partial charge in [-0.2, -0.15) is 0 Å². The second kappa shape index (κ2) is 16.7. The lowest BCUT2D eigenvalue weighted by molar-refractivity contribution is -0.122. The molecular weight excluding hydrogens is 685 g/mol. The molecule has 0 radical (unpaired) electrons. The number of hydrogen-bond donors (Lipinski definition) is 0. The van der Waals surface area contributed by atoms with Gasteiger partial charge in [0.15, 0.2) is 25.0 Å². The Morgan fingerprint density at radius 2 is 1.29 bits per heavy atom. The average Bonchev–Trinajstić information content (AvgIpc) is 3.35. The van der Waals surface area contributed by atoms with Crippen molar-refractivity contribution in [2.45, 2.75) is 221 Å². The van der Waals surface area contributed by atoms with E-state index in [2.05, 4.69) is 159 Å². The van der Waals surface area contributed by atoms with Crippen molar-refractivity contribution in [3.63, 3.8) is 0 Å². The highest BCUT2D eigenvalue weighted by atomic mass is 28.4. The molecule has 0 saturated heterocycles. The van der Waals surface area contributed by atoms with Gasteiger partial charge in [-0.1, -0.05) is 119 Å². The summed E-state index contributed by atoms with van der Waals surface area (Å²) in [5.74, 6) is 2.99. The average molecular weight is 773 g/mol. The van der Waals surface area contributed by atoms with Gasteiger partial charge in [-0.25, -0.2) is 0 Å². The van der Waals surface area contributed by atoms with Gasteiger partial charge in [0.2, 0.25) is 0 Å². The zero-order chi connectivity index (χ0) is 39.8. The fourth-order valence-electron chi connectivity index (χ4n) is 9.51. The predicted molar refractivity (Wildman–Crippen MR) is 237 cm³/mol. The molecule has 3 saturated carbocycles. The molecule has 0 aliphatic heterocycles. The molecule has 3 fully saturated rings. The Labute approximate surface area is 328 Å². The van der Waals surface area contributed by atoms with E-state index >= 15 is 0 Å². The Balaban J connectivity index is 1.93. The van der Waals surface area contributed by atoms with Crippen LogP contribution < -0.4 is 0 Å². The Kier molecular flexibility index (Phi) is 14.8. The summed E-state index contributed by atoms with van der Waals surface area (Å²) in [6.45, 7) is 45.5. The van der Waals surface area contributed by atoms with Crippen LogP contribution >= 0.6 is 0 Å². The van der Waals surface area contributed by atoms with E-state index in [0.29, 0.717) is 16.7 Å². The van der Waals surface area contributed by atoms with Gasteiger partial charge in [0.1, 0.15) is 5.60 Å². The van der Waals surface area contributed by atoms with Crippen LogP contribution in [0.1, 0.15) is 147 Å². The molecule has 3 rings (SSSR count). The van der Waals surface area contributed by atoms with Crippen molar-refractivity contribution >= 4 is 25.0 Å². The molecule has 0 N–H and O–H groups in total. The SMILES string of the molecule is CCC(C)(/C=C/C=C/[C@@H](C)C1CCC2[C@@H](CC=C3CC(O[Si](C)(C)C(C)(C)C)C(C)(O[Si](C)(C)C)[C@@H](O[Si](C)(C)C(C)(C)C)C3)CCCC21C)CC. The Bertz CT molecular complexity index is 1210. The molecule has 3 aliphatic carbocycles. The van der Waals surface area contributed by atoms with Gasteiger partial charge in [0, 0.05) is 0 Å². The lowest BCUT2D eigenvalue weighted by Crippen LogP contribution is -2.65. The third kappa shape index (κ3) is 10.8. The third-order valence-corrected chi connectivity index (χ3v) is 25.5. The first-order chi connectivity index (χ1) is 23.5. The van der Waals surface area contributed by atoms with Crippen molar-refractivity contribution in [2.24, 2.45) is 34.5 Å². The maximum atomic E-state index is 7.47. The van der Waals surface area contributed by atoms with Crippen LogP contribution in [0.2, 0.25) is 55.9 Å². The van der Waals surface area contributed by atoms with Gasteiger partial charge >= 0.3 is 0 Å². The van der Waals surface area contributed by atoms with Crippen LogP contribution in [0.3, 0.4) is 0 Å². The molecule has 0 aromatic heterocycles. The molecule has 0 aromatic carbocycles. The summed E-state index contributed by atoms with van der Waals surface area (Å²) < 4.78 is 22.3. The lowest BCUT2D eigenvalue weighted by Gasteiger charge is -2.55. The molecule has 6 heteroatoms. The molecule has 3 aliphatic rings. The fraction of sp³-hybridized carbons (Fsp3) is 0.870. The first-order valence-electron chi connectivity index (χ1n) is 21.6. The van der Waals surface area contributed by atoms with Gasteiger partial charge in [0.05, 0.1) is 12.2 Å². The van der Waals surface area contributed by atoms with Crippen LogP contribution in [0.5, 0.6) is 0 Å². The Morgan fingerprint density at radius 3 is 1.75 bits per heavy atom. The van der Waals surface area contributed by atoms with Crippen LogP contribution in [-0.4, -0.2) is 42.8 Å². The zero-order valence-electron chi connectivity index (χ0n) is 38.1. The topological polar surface area (TPSA) is 27.7 Å². The van der Waals surface area contributed by atoms with Crippen LogP contribution in [0.15, 0.2) is 36.0 Å². The first-order valence-corrected chi connectivity index (χ1v) is 30.9. The molecule has 0 bridgehead atoms. The number of hydrogen-bond acceptors (Lipinski definition) is 3. The molecule has 0 aromatic rings. The minimum Gasteiger partial charge on any atom is -0.411 e. The molecule has 8 atom stereocenters. The molecule has 5 unspecified atom stereocenters. The maximum absolute atomic E-state index is 7.47. The highest BCUT2D eigenvalue weighted by Gasteiger charge is 2.56. The molecule has 302 valence electrons. The summed E-state index contributed by atoms with van der Waals surface area (Å²) in [5, 5.41) is 0.258. The van der Waals surface area contributed by atoms with Gasteiger partial charge in [0.25, 0.3) is 0 Å². The van der Waals surface area contributed by atoms with E-state index < -0.39 is 30.6 Å². The summed E-state index contributed by atoms with van der Waals surface area (Å²) in [5.41, 5.74) is 1.84. The van der Waals surface area contributed by atoms with E-state index in [4.69, 9.17) is 13.3 Å². The minimum absolute atomic E-state index is 0.00317. The number of rotatable bonds is 14. The normalized spacial score (nSPS) is 33.0. The van der Waals surface area contributed by atoms with E-state index in [-0.39, 0.29) is 22.3 Å². The molecule has 52 heavy (non-hydrogen) atoms. The van der Waals surface area contributed by atoms with Crippen LogP contribution in [0.4, 0.5) is 0 Å². The monoisotopic (exact) mass is 773 g/mol. The minimum atomic E-state index is -2.08. The smallest absolute Gasteiger partial charge is 0.192 e. The first kappa shape index (κ1) is 46.1. The quantitative estimate of drug-likeness (QED) is 0.1000. The molecule has 0 amide bonds. The molecule has 0 heterocycles. The van der Waals surface area contributed by atoms with Gasteiger partial charge in [-0.15, -0.1) is 0 Å². The largest absolute Gasteiger partial charge is 0.411 e. The Hall–Kier alpha value is -0.249. The fourth-order valence-corrected chi connectivity index (χ4v) is 13.9. The van der Waals surface area contributed by atoms with Crippen molar-refractivity contribution in [3.8, 4) is 0 Å². The van der Waals surface area contributed by atoms with Crippen molar-refractivity contribution in [3.05, 3.63) is 36.0 Å². The summed E-state index contributed by atoms with van der Waals surface area (Å²) in [6, 6.07) is 0.